The van der Waals surface area contributed by atoms with Gasteiger partial charge in [0.1, 0.15) is 0 Å². The third kappa shape index (κ3) is 4.71. The minimum atomic E-state index is -0.209. The van der Waals surface area contributed by atoms with Crippen molar-refractivity contribution in [2.24, 2.45) is 5.10 Å². The number of hydrogen-bond donors (Lipinski definition) is 2. The topological polar surface area (TPSA) is 53.5 Å². The summed E-state index contributed by atoms with van der Waals surface area (Å²) in [6.45, 7) is 2.16. The van der Waals surface area contributed by atoms with Crippen LogP contribution in [0.15, 0.2) is 68.6 Å². The van der Waals surface area contributed by atoms with Crippen LogP contribution in [0.3, 0.4) is 0 Å². The molecule has 3 aromatic carbocycles. The van der Waals surface area contributed by atoms with Crippen molar-refractivity contribution in [3.05, 3.63) is 74.7 Å². The molecule has 0 saturated heterocycles. The largest absolute Gasteiger partial charge is 0.376 e. The first kappa shape index (κ1) is 18.6. The summed E-state index contributed by atoms with van der Waals surface area (Å²) in [5, 5.41) is 9.42. The summed E-state index contributed by atoms with van der Waals surface area (Å²) in [7, 11) is 0. The van der Waals surface area contributed by atoms with Crippen molar-refractivity contribution in [1.29, 1.82) is 0 Å². The molecule has 0 aliphatic carbocycles. The van der Waals surface area contributed by atoms with Gasteiger partial charge in [0.15, 0.2) is 0 Å². The molecule has 1 amide bonds. The summed E-state index contributed by atoms with van der Waals surface area (Å²) in [5.41, 5.74) is 5.43. The Balaban J connectivity index is 1.55. The average molecular weight is 475 g/mol. The smallest absolute Gasteiger partial charge is 0.259 e. The Bertz CT molecular complexity index is 963. The predicted octanol–water partition coefficient (Wildman–Crippen LogP) is 5.24. The van der Waals surface area contributed by atoms with Crippen molar-refractivity contribution in [2.45, 2.75) is 6.92 Å². The van der Waals surface area contributed by atoms with Crippen molar-refractivity contribution >= 4 is 60.4 Å². The molecule has 0 bridgehead atoms. The van der Waals surface area contributed by atoms with Gasteiger partial charge in [0.2, 0.25) is 0 Å². The molecule has 0 atom stereocenters. The molecule has 0 heterocycles. The van der Waals surface area contributed by atoms with Gasteiger partial charge < -0.3 is 5.32 Å². The number of benzene rings is 3. The minimum absolute atomic E-state index is 0.150. The normalized spacial score (nSPS) is 11.0. The van der Waals surface area contributed by atoms with E-state index >= 15 is 0 Å². The molecule has 4 nitrogen and oxygen atoms in total. The Labute approximate surface area is 168 Å². The van der Waals surface area contributed by atoms with Crippen molar-refractivity contribution in [3.8, 4) is 0 Å². The first-order chi connectivity index (χ1) is 12.5. The van der Waals surface area contributed by atoms with E-state index < -0.39 is 0 Å². The Morgan fingerprint density at radius 3 is 2.46 bits per heavy atom. The fraction of sp³-hybridized carbons (Fsp3) is 0.100. The lowest BCUT2D eigenvalue weighted by molar-refractivity contribution is -0.119. The second-order valence-electron chi connectivity index (χ2n) is 5.82. The summed E-state index contributed by atoms with van der Waals surface area (Å²) < 4.78 is 1.97. The molecular formula is C20H17Br2N3O. The lowest BCUT2D eigenvalue weighted by Gasteiger charge is -2.07. The zero-order valence-electron chi connectivity index (χ0n) is 14.1. The molecule has 0 saturated carbocycles. The number of hydrazone groups is 1. The monoisotopic (exact) mass is 473 g/mol. The molecule has 0 radical (unpaired) electrons. The first-order valence-electron chi connectivity index (χ1n) is 8.03. The third-order valence-electron chi connectivity index (χ3n) is 3.91. The molecule has 0 spiro atoms. The number of nitrogens with zero attached hydrogens (tertiary/aromatic N) is 1. The number of nitrogens with one attached hydrogen (secondary N) is 2. The summed E-state index contributed by atoms with van der Waals surface area (Å²) in [4.78, 5) is 12.0. The van der Waals surface area contributed by atoms with Gasteiger partial charge in [-0.2, -0.15) is 5.10 Å². The number of fused-ring (bicyclic) bond motifs is 1. The highest BCUT2D eigenvalue weighted by Gasteiger charge is 2.03. The fourth-order valence-electron chi connectivity index (χ4n) is 2.44. The van der Waals surface area contributed by atoms with Gasteiger partial charge in [0, 0.05) is 14.6 Å². The molecule has 0 aliphatic rings. The van der Waals surface area contributed by atoms with E-state index in [-0.39, 0.29) is 12.5 Å². The molecule has 132 valence electrons. The second-order valence-corrected chi connectivity index (χ2v) is 7.53. The second kappa shape index (κ2) is 8.47. The van der Waals surface area contributed by atoms with E-state index in [1.54, 1.807) is 6.21 Å². The molecule has 2 N–H and O–H groups in total. The van der Waals surface area contributed by atoms with Crippen LogP contribution in [0.25, 0.3) is 10.8 Å². The quantitative estimate of drug-likeness (QED) is 0.392. The van der Waals surface area contributed by atoms with Crippen LogP contribution in [0.1, 0.15) is 11.1 Å². The summed E-state index contributed by atoms with van der Waals surface area (Å²) in [5.74, 6) is -0.209. The first-order valence-corrected chi connectivity index (χ1v) is 9.62. The number of rotatable bonds is 5. The molecule has 0 unspecified atom stereocenters. The van der Waals surface area contributed by atoms with E-state index in [0.29, 0.717) is 0 Å². The summed E-state index contributed by atoms with van der Waals surface area (Å²) >= 11 is 6.99. The van der Waals surface area contributed by atoms with E-state index in [2.05, 4.69) is 53.8 Å². The lowest BCUT2D eigenvalue weighted by Crippen LogP contribution is -2.25. The highest BCUT2D eigenvalue weighted by Crippen LogP contribution is 2.25. The van der Waals surface area contributed by atoms with E-state index in [1.165, 1.54) is 5.39 Å². The molecule has 26 heavy (non-hydrogen) atoms. The van der Waals surface area contributed by atoms with E-state index in [1.807, 2.05) is 55.5 Å². The fourth-order valence-corrected chi connectivity index (χ4v) is 3.66. The standard InChI is InChI=1S/C20H17Br2N3O/c1-13-18(21)8-14(9-19(13)22)11-24-25-20(26)12-23-17-7-6-15-4-2-3-5-16(15)10-17/h2-11,23H,12H2,1H3,(H,25,26)/b24-11-. The maximum absolute atomic E-state index is 12.0. The van der Waals surface area contributed by atoms with Crippen molar-refractivity contribution in [2.75, 3.05) is 11.9 Å². The highest BCUT2D eigenvalue weighted by atomic mass is 79.9. The van der Waals surface area contributed by atoms with Gasteiger partial charge in [-0.15, -0.1) is 0 Å². The van der Waals surface area contributed by atoms with Crippen molar-refractivity contribution < 1.29 is 4.79 Å². The van der Waals surface area contributed by atoms with E-state index in [0.717, 1.165) is 31.1 Å². The molecule has 0 fully saturated rings. The van der Waals surface area contributed by atoms with Crippen molar-refractivity contribution in [1.82, 2.24) is 5.43 Å². The van der Waals surface area contributed by atoms with Gasteiger partial charge >= 0.3 is 0 Å². The Morgan fingerprint density at radius 1 is 1.04 bits per heavy atom. The highest BCUT2D eigenvalue weighted by molar-refractivity contribution is 9.11. The number of anilines is 1. The van der Waals surface area contributed by atoms with E-state index in [9.17, 15) is 4.79 Å². The van der Waals surface area contributed by atoms with Crippen LogP contribution < -0.4 is 10.7 Å². The van der Waals surface area contributed by atoms with Gasteiger partial charge in [0.25, 0.3) is 5.91 Å². The van der Waals surface area contributed by atoms with Gasteiger partial charge in [-0.25, -0.2) is 5.43 Å². The van der Waals surface area contributed by atoms with E-state index in [4.69, 9.17) is 0 Å². The summed E-state index contributed by atoms with van der Waals surface area (Å²) in [6.07, 6.45) is 1.61. The molecule has 0 aliphatic heterocycles. The molecule has 0 aromatic heterocycles. The van der Waals surface area contributed by atoms with Crippen LogP contribution in [0.4, 0.5) is 5.69 Å². The Morgan fingerprint density at radius 2 is 1.73 bits per heavy atom. The van der Waals surface area contributed by atoms with Crippen LogP contribution in [0.5, 0.6) is 0 Å². The van der Waals surface area contributed by atoms with Crippen LogP contribution in [0, 0.1) is 6.92 Å². The maximum Gasteiger partial charge on any atom is 0.259 e. The Hall–Kier alpha value is -2.18. The number of carbonyl (C=O) groups is 1. The average Bonchev–Trinajstić information content (AvgIpc) is 2.64. The zero-order chi connectivity index (χ0) is 18.5. The Kier molecular flexibility index (Phi) is 6.06. The summed E-state index contributed by atoms with van der Waals surface area (Å²) in [6, 6.07) is 18.0. The minimum Gasteiger partial charge on any atom is -0.376 e. The van der Waals surface area contributed by atoms with Crippen LogP contribution >= 0.6 is 31.9 Å². The molecular weight excluding hydrogens is 458 g/mol. The molecule has 3 rings (SSSR count). The zero-order valence-corrected chi connectivity index (χ0v) is 17.3. The SMILES string of the molecule is Cc1c(Br)cc(/C=N\NC(=O)CNc2ccc3ccccc3c2)cc1Br. The molecule has 6 heteroatoms. The number of hydrogen-bond acceptors (Lipinski definition) is 3. The van der Waals surface area contributed by atoms with Gasteiger partial charge in [0.05, 0.1) is 12.8 Å². The number of amides is 1. The lowest BCUT2D eigenvalue weighted by atomic mass is 10.1. The van der Waals surface area contributed by atoms with Crippen molar-refractivity contribution in [3.63, 3.8) is 0 Å². The maximum atomic E-state index is 12.0. The van der Waals surface area contributed by atoms with Gasteiger partial charge in [-0.3, -0.25) is 4.79 Å². The van der Waals surface area contributed by atoms with Gasteiger partial charge in [-0.1, -0.05) is 62.2 Å². The van der Waals surface area contributed by atoms with Gasteiger partial charge in [-0.05, 0) is 53.1 Å². The van der Waals surface area contributed by atoms with Crippen LogP contribution in [0.2, 0.25) is 0 Å². The third-order valence-corrected chi connectivity index (χ3v) is 5.56. The van der Waals surface area contributed by atoms with Crippen LogP contribution in [-0.4, -0.2) is 18.7 Å². The predicted molar refractivity (Wildman–Crippen MR) is 115 cm³/mol. The number of halogens is 2. The molecule has 3 aromatic rings. The van der Waals surface area contributed by atoms with Crippen LogP contribution in [-0.2, 0) is 4.79 Å². The number of carbonyl (C=O) groups excluding carboxylic acids is 1.